The van der Waals surface area contributed by atoms with Crippen LogP contribution >= 0.6 is 0 Å². The number of pyridine rings is 1. The van der Waals surface area contributed by atoms with Crippen molar-refractivity contribution in [1.82, 2.24) is 9.71 Å². The van der Waals surface area contributed by atoms with Crippen LogP contribution in [-0.2, 0) is 11.0 Å². The van der Waals surface area contributed by atoms with Crippen molar-refractivity contribution in [3.8, 4) is 5.75 Å². The van der Waals surface area contributed by atoms with Crippen LogP contribution in [0.2, 0.25) is 0 Å². The molecule has 1 aromatic rings. The number of rotatable bonds is 5. The van der Waals surface area contributed by atoms with Gasteiger partial charge in [0.15, 0.2) is 6.61 Å². The molecule has 0 aliphatic heterocycles. The van der Waals surface area contributed by atoms with Crippen LogP contribution in [0.4, 0.5) is 13.2 Å². The minimum atomic E-state index is -4.40. The third-order valence-corrected chi connectivity index (χ3v) is 3.76. The molecule has 4 nitrogen and oxygen atoms in total. The lowest BCUT2D eigenvalue weighted by atomic mass is 10.3. The smallest absolute Gasteiger partial charge is 0.422 e. The van der Waals surface area contributed by atoms with E-state index in [0.717, 1.165) is 6.20 Å². The van der Waals surface area contributed by atoms with E-state index in [0.29, 0.717) is 11.4 Å². The topological polar surface area (TPSA) is 51.2 Å². The van der Waals surface area contributed by atoms with Crippen molar-refractivity contribution in [3.63, 3.8) is 0 Å². The van der Waals surface area contributed by atoms with E-state index >= 15 is 0 Å². The predicted molar refractivity (Wildman–Crippen MR) is 75.9 cm³/mol. The summed E-state index contributed by atoms with van der Waals surface area (Å²) in [6, 6.07) is 2.79. The maximum atomic E-state index is 12.0. The predicted octanol–water partition coefficient (Wildman–Crippen LogP) is 3.05. The molecular formula is C13H17F3N2O2S. The number of alkyl halides is 3. The van der Waals surface area contributed by atoms with Crippen molar-refractivity contribution < 1.29 is 22.1 Å². The van der Waals surface area contributed by atoms with Crippen LogP contribution in [0.15, 0.2) is 24.9 Å². The van der Waals surface area contributed by atoms with Gasteiger partial charge in [-0.25, -0.2) is 4.21 Å². The van der Waals surface area contributed by atoms with Gasteiger partial charge >= 0.3 is 6.18 Å². The summed E-state index contributed by atoms with van der Waals surface area (Å²) in [7, 11) is -1.36. The number of hydrogen-bond acceptors (Lipinski definition) is 3. The molecule has 0 radical (unpaired) electrons. The Morgan fingerprint density at radius 2 is 2.00 bits per heavy atom. The summed E-state index contributed by atoms with van der Waals surface area (Å²) in [5, 5.41) is 0. The zero-order valence-corrected chi connectivity index (χ0v) is 12.8. The Kier molecular flexibility index (Phi) is 5.38. The van der Waals surface area contributed by atoms with Crippen LogP contribution in [0.5, 0.6) is 5.75 Å². The second kappa shape index (κ2) is 6.46. The van der Waals surface area contributed by atoms with Gasteiger partial charge in [0, 0.05) is 0 Å². The number of halogens is 3. The van der Waals surface area contributed by atoms with Gasteiger partial charge in [0.05, 0.1) is 22.3 Å². The van der Waals surface area contributed by atoms with Crippen LogP contribution in [-0.4, -0.2) is 26.7 Å². The molecule has 0 saturated heterocycles. The first-order valence-corrected chi connectivity index (χ1v) is 7.17. The minimum Gasteiger partial charge on any atom is -0.483 e. The fourth-order valence-corrected chi connectivity index (χ4v) is 1.76. The van der Waals surface area contributed by atoms with Gasteiger partial charge in [-0.2, -0.15) is 13.2 Å². The van der Waals surface area contributed by atoms with Crippen molar-refractivity contribution in [2.45, 2.75) is 31.7 Å². The molecule has 1 unspecified atom stereocenters. The van der Waals surface area contributed by atoms with Crippen molar-refractivity contribution in [3.05, 3.63) is 30.6 Å². The molecule has 118 valence electrons. The molecule has 1 aromatic heterocycles. The summed E-state index contributed by atoms with van der Waals surface area (Å²) >= 11 is 0. The monoisotopic (exact) mass is 322 g/mol. The van der Waals surface area contributed by atoms with E-state index in [2.05, 4.69) is 21.0 Å². The maximum absolute atomic E-state index is 12.0. The highest BCUT2D eigenvalue weighted by atomic mass is 32.2. The zero-order chi connectivity index (χ0) is 16.3. The van der Waals surface area contributed by atoms with Crippen LogP contribution in [0.1, 0.15) is 26.5 Å². The van der Waals surface area contributed by atoms with Crippen molar-refractivity contribution in [1.29, 1.82) is 0 Å². The fraction of sp³-hybridized carbons (Fsp3) is 0.462. The molecule has 0 aromatic carbocycles. The lowest BCUT2D eigenvalue weighted by Crippen LogP contribution is -2.32. The number of nitrogens with zero attached hydrogens (tertiary/aromatic N) is 1. The summed E-state index contributed by atoms with van der Waals surface area (Å²) in [5.41, 5.74) is 0.706. The Hall–Kier alpha value is -1.57. The number of ether oxygens (including phenoxy) is 1. The van der Waals surface area contributed by atoms with Crippen LogP contribution in [0, 0.1) is 0 Å². The molecule has 0 aliphatic carbocycles. The molecule has 0 aliphatic rings. The van der Waals surface area contributed by atoms with Gasteiger partial charge in [0.1, 0.15) is 16.7 Å². The maximum Gasteiger partial charge on any atom is 0.422 e. The number of aromatic nitrogens is 1. The molecule has 21 heavy (non-hydrogen) atoms. The fourth-order valence-electron chi connectivity index (χ4n) is 1.13. The largest absolute Gasteiger partial charge is 0.483 e. The Labute approximate surface area is 124 Å². The molecule has 0 spiro atoms. The van der Waals surface area contributed by atoms with Crippen molar-refractivity contribution >= 4 is 16.7 Å². The van der Waals surface area contributed by atoms with Gasteiger partial charge in [0.25, 0.3) is 0 Å². The van der Waals surface area contributed by atoms with Crippen LogP contribution in [0.25, 0.3) is 5.70 Å². The highest BCUT2D eigenvalue weighted by Crippen LogP contribution is 2.19. The van der Waals surface area contributed by atoms with Gasteiger partial charge in [-0.3, -0.25) is 4.98 Å². The first-order chi connectivity index (χ1) is 9.49. The lowest BCUT2D eigenvalue weighted by molar-refractivity contribution is -0.153. The third kappa shape index (κ3) is 6.16. The quantitative estimate of drug-likeness (QED) is 0.906. The Balaban J connectivity index is 2.66. The Morgan fingerprint density at radius 1 is 1.38 bits per heavy atom. The average Bonchev–Trinajstić information content (AvgIpc) is 2.35. The molecule has 1 heterocycles. The standard InChI is InChI=1S/C13H17F3N2O2S/c1-9(18-21(19)12(2,3)4)11-6-5-10(7-17-11)20-8-13(14,15)16/h5-7,18H,1,8H2,2-4H3. The van der Waals surface area contributed by atoms with E-state index in [1.165, 1.54) is 12.1 Å². The first-order valence-electron chi connectivity index (χ1n) is 6.02. The molecule has 0 fully saturated rings. The molecule has 0 bridgehead atoms. The zero-order valence-electron chi connectivity index (χ0n) is 12.0. The van der Waals surface area contributed by atoms with Gasteiger partial charge in [-0.1, -0.05) is 6.58 Å². The average molecular weight is 322 g/mol. The normalized spacial score (nSPS) is 13.6. The second-order valence-corrected chi connectivity index (χ2v) is 7.21. The van der Waals surface area contributed by atoms with Crippen LogP contribution < -0.4 is 9.46 Å². The second-order valence-electron chi connectivity index (χ2n) is 5.24. The van der Waals surface area contributed by atoms with Crippen molar-refractivity contribution in [2.75, 3.05) is 6.61 Å². The number of hydrogen-bond donors (Lipinski definition) is 1. The molecule has 1 rings (SSSR count). The molecule has 1 atom stereocenters. The SMILES string of the molecule is C=C(NS(=O)C(C)(C)C)c1ccc(OCC(F)(F)F)cn1. The Bertz CT molecular complexity index is 522. The number of nitrogens with one attached hydrogen (secondary N) is 1. The van der Waals surface area contributed by atoms with E-state index in [1.54, 1.807) is 20.8 Å². The highest BCUT2D eigenvalue weighted by molar-refractivity contribution is 7.84. The van der Waals surface area contributed by atoms with E-state index in [9.17, 15) is 17.4 Å². The van der Waals surface area contributed by atoms with Gasteiger partial charge < -0.3 is 9.46 Å². The summed E-state index contributed by atoms with van der Waals surface area (Å²) in [6.07, 6.45) is -3.23. The molecule has 0 amide bonds. The molecule has 8 heteroatoms. The summed E-state index contributed by atoms with van der Waals surface area (Å²) < 4.78 is 54.7. The lowest BCUT2D eigenvalue weighted by Gasteiger charge is -2.19. The molecule has 0 saturated carbocycles. The highest BCUT2D eigenvalue weighted by Gasteiger charge is 2.28. The summed E-state index contributed by atoms with van der Waals surface area (Å²) in [6.45, 7) is 7.72. The van der Waals surface area contributed by atoms with Gasteiger partial charge in [-0.05, 0) is 32.9 Å². The van der Waals surface area contributed by atoms with E-state index in [-0.39, 0.29) is 5.75 Å². The van der Waals surface area contributed by atoms with E-state index in [4.69, 9.17) is 0 Å². The van der Waals surface area contributed by atoms with Crippen molar-refractivity contribution in [2.24, 2.45) is 0 Å². The summed E-state index contributed by atoms with van der Waals surface area (Å²) in [5.74, 6) is 0.000758. The molecular weight excluding hydrogens is 305 g/mol. The Morgan fingerprint density at radius 3 is 2.43 bits per heavy atom. The van der Waals surface area contributed by atoms with Gasteiger partial charge in [-0.15, -0.1) is 0 Å². The van der Waals surface area contributed by atoms with Crippen LogP contribution in [0.3, 0.4) is 0 Å². The first kappa shape index (κ1) is 17.5. The third-order valence-electron chi connectivity index (χ3n) is 2.22. The van der Waals surface area contributed by atoms with E-state index < -0.39 is 28.5 Å². The van der Waals surface area contributed by atoms with E-state index in [1.807, 2.05) is 0 Å². The summed E-state index contributed by atoms with van der Waals surface area (Å²) in [4.78, 5) is 3.93. The van der Waals surface area contributed by atoms with Gasteiger partial charge in [0.2, 0.25) is 0 Å². The molecule has 1 N–H and O–H groups in total. The minimum absolute atomic E-state index is 0.000758.